The highest BCUT2D eigenvalue weighted by atomic mass is 16.5. The minimum absolute atomic E-state index is 0.197. The van der Waals surface area contributed by atoms with E-state index in [4.69, 9.17) is 14.9 Å². The summed E-state index contributed by atoms with van der Waals surface area (Å²) in [5.41, 5.74) is 6.79. The molecule has 2 rings (SSSR count). The van der Waals surface area contributed by atoms with E-state index < -0.39 is 6.10 Å². The van der Waals surface area contributed by atoms with Crippen LogP contribution in [0, 0.1) is 0 Å². The Morgan fingerprint density at radius 3 is 2.40 bits per heavy atom. The van der Waals surface area contributed by atoms with E-state index in [1.807, 2.05) is 43.3 Å². The molecule has 0 bridgehead atoms. The molecule has 0 fully saturated rings. The van der Waals surface area contributed by atoms with Crippen LogP contribution in [0.2, 0.25) is 0 Å². The van der Waals surface area contributed by atoms with Gasteiger partial charge in [-0.2, -0.15) is 0 Å². The molecule has 0 saturated carbocycles. The van der Waals surface area contributed by atoms with E-state index in [0.29, 0.717) is 12.3 Å². The van der Waals surface area contributed by atoms with Crippen LogP contribution in [0.5, 0.6) is 5.75 Å². The third-order valence-corrected chi connectivity index (χ3v) is 3.50. The van der Waals surface area contributed by atoms with Crippen molar-refractivity contribution in [3.05, 3.63) is 53.5 Å². The molecule has 4 nitrogen and oxygen atoms in total. The van der Waals surface area contributed by atoms with Crippen molar-refractivity contribution in [3.63, 3.8) is 0 Å². The average molecular weight is 275 g/mol. The zero-order valence-electron chi connectivity index (χ0n) is 11.9. The second-order valence-corrected chi connectivity index (χ2v) is 4.72. The molecule has 0 aliphatic heterocycles. The van der Waals surface area contributed by atoms with E-state index >= 15 is 0 Å². The fraction of sp³-hybridized carbons (Fsp3) is 0.375. The lowest BCUT2D eigenvalue weighted by Crippen LogP contribution is -2.19. The predicted octanol–water partition coefficient (Wildman–Crippen LogP) is 2.63. The van der Waals surface area contributed by atoms with Crippen LogP contribution in [0.4, 0.5) is 0 Å². The van der Waals surface area contributed by atoms with Crippen molar-refractivity contribution < 1.29 is 14.3 Å². The van der Waals surface area contributed by atoms with Crippen molar-refractivity contribution in [1.82, 2.24) is 0 Å². The van der Waals surface area contributed by atoms with Gasteiger partial charge in [-0.3, -0.25) is 0 Å². The smallest absolute Gasteiger partial charge is 0.133 e. The van der Waals surface area contributed by atoms with E-state index in [-0.39, 0.29) is 5.92 Å². The quantitative estimate of drug-likeness (QED) is 0.850. The summed E-state index contributed by atoms with van der Waals surface area (Å²) >= 11 is 0. The molecule has 3 N–H and O–H groups in total. The summed E-state index contributed by atoms with van der Waals surface area (Å²) in [5.74, 6) is 2.01. The lowest BCUT2D eigenvalue weighted by atomic mass is 9.92. The number of hydrogen-bond donors (Lipinski definition) is 2. The number of benzene rings is 1. The number of furan rings is 1. The highest BCUT2D eigenvalue weighted by molar-refractivity contribution is 5.31. The molecule has 0 radical (unpaired) electrons. The summed E-state index contributed by atoms with van der Waals surface area (Å²) in [5, 5.41) is 10.5. The number of aliphatic hydroxyl groups excluding tert-OH is 1. The molecule has 0 saturated heterocycles. The highest BCUT2D eigenvalue weighted by Crippen LogP contribution is 2.32. The predicted molar refractivity (Wildman–Crippen MR) is 77.8 cm³/mol. The Morgan fingerprint density at radius 1 is 1.20 bits per heavy atom. The van der Waals surface area contributed by atoms with Gasteiger partial charge in [-0.1, -0.05) is 19.1 Å². The third kappa shape index (κ3) is 3.03. The second kappa shape index (κ2) is 6.59. The maximum Gasteiger partial charge on any atom is 0.133 e. The minimum atomic E-state index is -0.742. The van der Waals surface area contributed by atoms with Crippen molar-refractivity contribution in [2.45, 2.75) is 25.4 Å². The van der Waals surface area contributed by atoms with Crippen LogP contribution in [-0.4, -0.2) is 18.8 Å². The van der Waals surface area contributed by atoms with Gasteiger partial charge in [-0.05, 0) is 29.8 Å². The second-order valence-electron chi connectivity index (χ2n) is 4.72. The molecule has 0 spiro atoms. The summed E-state index contributed by atoms with van der Waals surface area (Å²) < 4.78 is 10.7. The van der Waals surface area contributed by atoms with Crippen molar-refractivity contribution in [2.24, 2.45) is 5.73 Å². The maximum atomic E-state index is 10.5. The molecule has 4 heteroatoms. The average Bonchev–Trinajstić information content (AvgIpc) is 2.97. The monoisotopic (exact) mass is 275 g/mol. The van der Waals surface area contributed by atoms with Gasteiger partial charge in [0.25, 0.3) is 0 Å². The number of methoxy groups -OCH3 is 1. The van der Waals surface area contributed by atoms with Crippen molar-refractivity contribution in [1.29, 1.82) is 0 Å². The topological polar surface area (TPSA) is 68.6 Å². The Morgan fingerprint density at radius 2 is 1.90 bits per heavy atom. The van der Waals surface area contributed by atoms with Gasteiger partial charge in [0.15, 0.2) is 0 Å². The Hall–Kier alpha value is -1.78. The highest BCUT2D eigenvalue weighted by Gasteiger charge is 2.24. The number of rotatable bonds is 6. The third-order valence-electron chi connectivity index (χ3n) is 3.50. The molecule has 1 aromatic carbocycles. The van der Waals surface area contributed by atoms with Crippen LogP contribution in [0.15, 0.2) is 40.8 Å². The van der Waals surface area contributed by atoms with E-state index in [9.17, 15) is 5.11 Å². The molecule has 2 aromatic rings. The van der Waals surface area contributed by atoms with Crippen LogP contribution in [-0.2, 0) is 6.42 Å². The van der Waals surface area contributed by atoms with E-state index in [1.165, 1.54) is 0 Å². The largest absolute Gasteiger partial charge is 0.497 e. The molecule has 1 heterocycles. The number of aryl methyl sites for hydroxylation is 1. The molecule has 0 aliphatic carbocycles. The van der Waals surface area contributed by atoms with Crippen molar-refractivity contribution in [2.75, 3.05) is 13.7 Å². The molecule has 2 atom stereocenters. The van der Waals surface area contributed by atoms with Gasteiger partial charge in [0.05, 0.1) is 7.11 Å². The van der Waals surface area contributed by atoms with E-state index in [2.05, 4.69) is 0 Å². The van der Waals surface area contributed by atoms with Gasteiger partial charge in [0.1, 0.15) is 23.4 Å². The molecular formula is C16H21NO3. The fourth-order valence-electron chi connectivity index (χ4n) is 2.24. The Bertz CT molecular complexity index is 533. The summed E-state index contributed by atoms with van der Waals surface area (Å²) in [6, 6.07) is 11.3. The van der Waals surface area contributed by atoms with E-state index in [0.717, 1.165) is 23.5 Å². The fourth-order valence-corrected chi connectivity index (χ4v) is 2.24. The first kappa shape index (κ1) is 14.6. The van der Waals surface area contributed by atoms with Crippen LogP contribution in [0.25, 0.3) is 0 Å². The summed E-state index contributed by atoms with van der Waals surface area (Å²) in [7, 11) is 1.62. The SMILES string of the molecule is CCc1ccc(C(O)C(CN)c2ccc(OC)cc2)o1. The lowest BCUT2D eigenvalue weighted by Gasteiger charge is -2.20. The lowest BCUT2D eigenvalue weighted by molar-refractivity contribution is 0.120. The van der Waals surface area contributed by atoms with Crippen molar-refractivity contribution >= 4 is 0 Å². The molecular weight excluding hydrogens is 254 g/mol. The summed E-state index contributed by atoms with van der Waals surface area (Å²) in [4.78, 5) is 0. The Balaban J connectivity index is 2.21. The Labute approximate surface area is 119 Å². The first-order valence-electron chi connectivity index (χ1n) is 6.80. The number of hydrogen-bond acceptors (Lipinski definition) is 4. The molecule has 1 aromatic heterocycles. The maximum absolute atomic E-state index is 10.5. The molecule has 20 heavy (non-hydrogen) atoms. The van der Waals surface area contributed by atoms with E-state index in [1.54, 1.807) is 7.11 Å². The van der Waals surface area contributed by atoms with Gasteiger partial charge in [-0.15, -0.1) is 0 Å². The number of aliphatic hydroxyl groups is 1. The first-order chi connectivity index (χ1) is 9.69. The Kier molecular flexibility index (Phi) is 4.82. The molecule has 0 aliphatic rings. The first-order valence-corrected chi connectivity index (χ1v) is 6.80. The molecule has 108 valence electrons. The van der Waals surface area contributed by atoms with Gasteiger partial charge in [0, 0.05) is 18.9 Å². The minimum Gasteiger partial charge on any atom is -0.497 e. The summed E-state index contributed by atoms with van der Waals surface area (Å²) in [6.07, 6.45) is 0.0661. The van der Waals surface area contributed by atoms with Gasteiger partial charge >= 0.3 is 0 Å². The zero-order valence-corrected chi connectivity index (χ0v) is 11.9. The normalized spacial score (nSPS) is 14.0. The van der Waals surface area contributed by atoms with Crippen LogP contribution in [0.1, 0.15) is 36.0 Å². The van der Waals surface area contributed by atoms with Crippen LogP contribution < -0.4 is 10.5 Å². The van der Waals surface area contributed by atoms with Crippen molar-refractivity contribution in [3.8, 4) is 5.75 Å². The molecule has 0 amide bonds. The van der Waals surface area contributed by atoms with Gasteiger partial charge < -0.3 is 20.0 Å². The number of ether oxygens (including phenoxy) is 1. The van der Waals surface area contributed by atoms with Crippen LogP contribution in [0.3, 0.4) is 0 Å². The summed E-state index contributed by atoms with van der Waals surface area (Å²) in [6.45, 7) is 2.36. The standard InChI is InChI=1S/C16H21NO3/c1-3-12-8-9-15(20-12)16(18)14(10-17)11-4-6-13(19-2)7-5-11/h4-9,14,16,18H,3,10,17H2,1-2H3. The van der Waals surface area contributed by atoms with Gasteiger partial charge in [0.2, 0.25) is 0 Å². The van der Waals surface area contributed by atoms with Gasteiger partial charge in [-0.25, -0.2) is 0 Å². The zero-order chi connectivity index (χ0) is 14.5. The number of nitrogens with two attached hydrogens (primary N) is 1. The molecule has 2 unspecified atom stereocenters. The van der Waals surface area contributed by atoms with Crippen LogP contribution >= 0.6 is 0 Å².